The number of aryl methyl sites for hydroxylation is 1. The summed E-state index contributed by atoms with van der Waals surface area (Å²) in [5.41, 5.74) is 6.20. The second-order valence-corrected chi connectivity index (χ2v) is 9.06. The minimum absolute atomic E-state index is 0.100. The number of hydrazone groups is 1. The summed E-state index contributed by atoms with van der Waals surface area (Å²) in [7, 11) is 3.13. The highest BCUT2D eigenvalue weighted by Gasteiger charge is 2.17. The van der Waals surface area contributed by atoms with Gasteiger partial charge in [0, 0.05) is 16.3 Å². The fraction of sp³-hybridized carbons (Fsp3) is 0.154. The maximum absolute atomic E-state index is 12.5. The second kappa shape index (κ2) is 11.7. The molecule has 0 aliphatic carbocycles. The summed E-state index contributed by atoms with van der Waals surface area (Å²) in [6.07, 6.45) is 1.54. The molecule has 1 heterocycles. The third-order valence-electron chi connectivity index (χ3n) is 5.17. The number of hydrogen-bond acceptors (Lipinski definition) is 7. The Balaban J connectivity index is 1.48. The van der Waals surface area contributed by atoms with E-state index in [1.165, 1.54) is 18.0 Å². The van der Waals surface area contributed by atoms with Crippen molar-refractivity contribution in [2.24, 2.45) is 5.10 Å². The van der Waals surface area contributed by atoms with Gasteiger partial charge in [0.15, 0.2) is 22.5 Å². The zero-order valence-corrected chi connectivity index (χ0v) is 21.5. The first-order valence-electron chi connectivity index (χ1n) is 10.9. The maximum atomic E-state index is 12.5. The number of thioether (sulfide) groups is 1. The van der Waals surface area contributed by atoms with Crippen molar-refractivity contribution in [1.29, 1.82) is 0 Å². The van der Waals surface area contributed by atoms with Crippen LogP contribution in [0.2, 0.25) is 5.02 Å². The first kappa shape index (κ1) is 25.3. The SMILES string of the molecule is COc1ccc(C=NNC(=O)CSc2nnc(-c3ccc(C)cc3)n2-c2ccc(Cl)cc2)cc1OC. The molecule has 0 aliphatic heterocycles. The van der Waals surface area contributed by atoms with E-state index in [1.54, 1.807) is 38.5 Å². The third kappa shape index (κ3) is 6.05. The Bertz CT molecular complexity index is 1370. The van der Waals surface area contributed by atoms with Gasteiger partial charge in [0.05, 0.1) is 26.2 Å². The molecule has 0 spiro atoms. The molecule has 0 saturated carbocycles. The van der Waals surface area contributed by atoms with Crippen LogP contribution >= 0.6 is 23.4 Å². The van der Waals surface area contributed by atoms with Gasteiger partial charge in [0.25, 0.3) is 5.91 Å². The standard InChI is InChI=1S/C26H24ClN5O3S/c1-17-4-7-19(8-5-17)25-30-31-26(32(25)21-11-9-20(27)10-12-21)36-16-24(33)29-28-15-18-6-13-22(34-2)23(14-18)35-3/h4-15H,16H2,1-3H3,(H,29,33). The Morgan fingerprint density at radius 2 is 1.75 bits per heavy atom. The van der Waals surface area contributed by atoms with Crippen LogP contribution in [0.4, 0.5) is 0 Å². The van der Waals surface area contributed by atoms with Crippen molar-refractivity contribution < 1.29 is 14.3 Å². The predicted octanol–water partition coefficient (Wildman–Crippen LogP) is 5.16. The third-order valence-corrected chi connectivity index (χ3v) is 6.35. The second-order valence-electron chi connectivity index (χ2n) is 7.68. The van der Waals surface area contributed by atoms with Gasteiger partial charge < -0.3 is 9.47 Å². The maximum Gasteiger partial charge on any atom is 0.250 e. The number of methoxy groups -OCH3 is 2. The average molecular weight is 522 g/mol. The molecule has 3 aromatic carbocycles. The topological polar surface area (TPSA) is 90.6 Å². The van der Waals surface area contributed by atoms with E-state index in [0.29, 0.717) is 27.5 Å². The number of halogens is 1. The summed E-state index contributed by atoms with van der Waals surface area (Å²) in [5.74, 6) is 1.69. The van der Waals surface area contributed by atoms with Crippen LogP contribution in [-0.2, 0) is 4.79 Å². The average Bonchev–Trinajstić information content (AvgIpc) is 3.32. The van der Waals surface area contributed by atoms with Gasteiger partial charge in [0.2, 0.25) is 0 Å². The molecule has 0 bridgehead atoms. The minimum atomic E-state index is -0.278. The molecule has 1 amide bonds. The van der Waals surface area contributed by atoms with Crippen molar-refractivity contribution in [3.05, 3.63) is 82.9 Å². The summed E-state index contributed by atoms with van der Waals surface area (Å²) in [6.45, 7) is 2.03. The molecule has 0 fully saturated rings. The van der Waals surface area contributed by atoms with E-state index in [1.807, 2.05) is 54.0 Å². The van der Waals surface area contributed by atoms with Gasteiger partial charge in [0.1, 0.15) is 0 Å². The van der Waals surface area contributed by atoms with E-state index < -0.39 is 0 Å². The lowest BCUT2D eigenvalue weighted by Gasteiger charge is -2.10. The van der Waals surface area contributed by atoms with Crippen molar-refractivity contribution in [3.8, 4) is 28.6 Å². The summed E-state index contributed by atoms with van der Waals surface area (Å²) in [4.78, 5) is 12.5. The van der Waals surface area contributed by atoms with Gasteiger partial charge in [-0.2, -0.15) is 5.10 Å². The summed E-state index contributed by atoms with van der Waals surface area (Å²) < 4.78 is 12.4. The number of carbonyl (C=O) groups is 1. The summed E-state index contributed by atoms with van der Waals surface area (Å²) >= 11 is 7.35. The molecular weight excluding hydrogens is 498 g/mol. The predicted molar refractivity (Wildman–Crippen MR) is 143 cm³/mol. The van der Waals surface area contributed by atoms with Crippen LogP contribution in [-0.4, -0.2) is 46.9 Å². The Morgan fingerprint density at radius 1 is 1.03 bits per heavy atom. The molecule has 0 atom stereocenters. The lowest BCUT2D eigenvalue weighted by atomic mass is 10.1. The number of hydrogen-bond donors (Lipinski definition) is 1. The quantitative estimate of drug-likeness (QED) is 0.186. The molecule has 184 valence electrons. The van der Waals surface area contributed by atoms with Crippen molar-refractivity contribution in [3.63, 3.8) is 0 Å². The first-order chi connectivity index (χ1) is 17.5. The van der Waals surface area contributed by atoms with E-state index >= 15 is 0 Å². The van der Waals surface area contributed by atoms with E-state index in [0.717, 1.165) is 22.4 Å². The van der Waals surface area contributed by atoms with Crippen LogP contribution in [0.1, 0.15) is 11.1 Å². The smallest absolute Gasteiger partial charge is 0.250 e. The fourth-order valence-electron chi connectivity index (χ4n) is 3.35. The Kier molecular flexibility index (Phi) is 8.24. The summed E-state index contributed by atoms with van der Waals surface area (Å²) in [6, 6.07) is 20.8. The highest BCUT2D eigenvalue weighted by Crippen LogP contribution is 2.29. The van der Waals surface area contributed by atoms with E-state index in [9.17, 15) is 4.79 Å². The number of amides is 1. The van der Waals surface area contributed by atoms with Crippen molar-refractivity contribution in [2.75, 3.05) is 20.0 Å². The minimum Gasteiger partial charge on any atom is -0.493 e. The zero-order valence-electron chi connectivity index (χ0n) is 19.9. The van der Waals surface area contributed by atoms with Crippen LogP contribution in [0.25, 0.3) is 17.1 Å². The Hall–Kier alpha value is -3.82. The number of rotatable bonds is 9. The Morgan fingerprint density at radius 3 is 2.44 bits per heavy atom. The van der Waals surface area contributed by atoms with Crippen molar-refractivity contribution in [1.82, 2.24) is 20.2 Å². The van der Waals surface area contributed by atoms with Crippen LogP contribution in [0.5, 0.6) is 11.5 Å². The number of aromatic nitrogens is 3. The van der Waals surface area contributed by atoms with E-state index in [2.05, 4.69) is 20.7 Å². The number of carbonyl (C=O) groups excluding carboxylic acids is 1. The summed E-state index contributed by atoms with van der Waals surface area (Å²) in [5, 5.41) is 14.0. The molecule has 0 saturated heterocycles. The number of nitrogens with zero attached hydrogens (tertiary/aromatic N) is 4. The van der Waals surface area contributed by atoms with Gasteiger partial charge in [-0.15, -0.1) is 10.2 Å². The number of ether oxygens (including phenoxy) is 2. The molecule has 0 aliphatic rings. The molecule has 0 unspecified atom stereocenters. The molecule has 4 rings (SSSR count). The molecule has 8 nitrogen and oxygen atoms in total. The lowest BCUT2D eigenvalue weighted by Crippen LogP contribution is -2.20. The van der Waals surface area contributed by atoms with Gasteiger partial charge in [-0.05, 0) is 55.0 Å². The molecule has 4 aromatic rings. The molecule has 36 heavy (non-hydrogen) atoms. The van der Waals surface area contributed by atoms with Crippen LogP contribution in [0.15, 0.2) is 77.0 Å². The molecule has 10 heteroatoms. The Labute approximate surface area is 218 Å². The van der Waals surface area contributed by atoms with Crippen LogP contribution < -0.4 is 14.9 Å². The highest BCUT2D eigenvalue weighted by molar-refractivity contribution is 7.99. The van der Waals surface area contributed by atoms with Crippen LogP contribution in [0.3, 0.4) is 0 Å². The van der Waals surface area contributed by atoms with Crippen LogP contribution in [0, 0.1) is 6.92 Å². The van der Waals surface area contributed by atoms with Gasteiger partial charge in [-0.25, -0.2) is 5.43 Å². The van der Waals surface area contributed by atoms with Crippen molar-refractivity contribution >= 4 is 35.5 Å². The number of benzene rings is 3. The van der Waals surface area contributed by atoms with Crippen molar-refractivity contribution in [2.45, 2.75) is 12.1 Å². The molecule has 1 N–H and O–H groups in total. The highest BCUT2D eigenvalue weighted by atomic mass is 35.5. The van der Waals surface area contributed by atoms with E-state index in [4.69, 9.17) is 21.1 Å². The lowest BCUT2D eigenvalue weighted by molar-refractivity contribution is -0.118. The first-order valence-corrected chi connectivity index (χ1v) is 12.3. The fourth-order valence-corrected chi connectivity index (χ4v) is 4.22. The van der Waals surface area contributed by atoms with E-state index in [-0.39, 0.29) is 11.7 Å². The normalized spacial score (nSPS) is 11.0. The van der Waals surface area contributed by atoms with Gasteiger partial charge in [-0.3, -0.25) is 9.36 Å². The zero-order chi connectivity index (χ0) is 25.5. The largest absolute Gasteiger partial charge is 0.493 e. The monoisotopic (exact) mass is 521 g/mol. The number of nitrogens with one attached hydrogen (secondary N) is 1. The molecule has 1 aromatic heterocycles. The molecular formula is C26H24ClN5O3S. The van der Waals surface area contributed by atoms with Gasteiger partial charge >= 0.3 is 0 Å². The van der Waals surface area contributed by atoms with Gasteiger partial charge in [-0.1, -0.05) is 53.2 Å². The molecule has 0 radical (unpaired) electrons.